The Labute approximate surface area is 115 Å². The van der Waals surface area contributed by atoms with E-state index in [0.717, 1.165) is 0 Å². The summed E-state index contributed by atoms with van der Waals surface area (Å²) in [5.41, 5.74) is 0.451. The van der Waals surface area contributed by atoms with E-state index >= 15 is 0 Å². The summed E-state index contributed by atoms with van der Waals surface area (Å²) in [4.78, 5) is 23.3. The van der Waals surface area contributed by atoms with Gasteiger partial charge in [-0.25, -0.2) is 4.79 Å². The highest BCUT2D eigenvalue weighted by molar-refractivity contribution is 5.90. The molecule has 0 aliphatic carbocycles. The molecule has 1 aromatic rings. The summed E-state index contributed by atoms with van der Waals surface area (Å²) in [7, 11) is 2.65. The molecule has 106 valence electrons. The van der Waals surface area contributed by atoms with Crippen LogP contribution in [0.5, 0.6) is 0 Å². The molecule has 1 aliphatic rings. The molecule has 0 bridgehead atoms. The second-order valence-corrected chi connectivity index (χ2v) is 4.03. The molecule has 1 heterocycles. The molecule has 2 rings (SSSR count). The van der Waals surface area contributed by atoms with Gasteiger partial charge in [-0.15, -0.1) is 0 Å². The van der Waals surface area contributed by atoms with E-state index in [0.29, 0.717) is 5.56 Å². The highest BCUT2D eigenvalue weighted by Gasteiger charge is 2.55. The predicted molar refractivity (Wildman–Crippen MR) is 67.0 cm³/mol. The Balaban J connectivity index is 2.63. The monoisotopic (exact) mass is 278 g/mol. The lowest BCUT2D eigenvalue weighted by atomic mass is 10.0. The molecule has 0 spiro atoms. The number of esters is 2. The molecular weight excluding hydrogens is 264 g/mol. The van der Waals surface area contributed by atoms with Crippen LogP contribution in [0.25, 0.3) is 0 Å². The van der Waals surface area contributed by atoms with E-state index in [1.807, 2.05) is 0 Å². The minimum absolute atomic E-state index is 0.00593. The Morgan fingerprint density at radius 1 is 1.15 bits per heavy atom. The van der Waals surface area contributed by atoms with E-state index in [-0.39, 0.29) is 11.5 Å². The van der Waals surface area contributed by atoms with Gasteiger partial charge in [-0.2, -0.15) is 0 Å². The van der Waals surface area contributed by atoms with Crippen molar-refractivity contribution in [3.05, 3.63) is 47.4 Å². The predicted octanol–water partition coefficient (Wildman–Crippen LogP) is 1.46. The van der Waals surface area contributed by atoms with Crippen molar-refractivity contribution >= 4 is 11.9 Å². The summed E-state index contributed by atoms with van der Waals surface area (Å²) in [6.07, 6.45) is 0. The molecule has 0 N–H and O–H groups in total. The van der Waals surface area contributed by atoms with Gasteiger partial charge in [0.2, 0.25) is 5.76 Å². The number of cyclic esters (lactones) is 1. The van der Waals surface area contributed by atoms with Crippen LogP contribution >= 0.6 is 0 Å². The first-order valence-corrected chi connectivity index (χ1v) is 5.86. The molecule has 1 atom stereocenters. The van der Waals surface area contributed by atoms with E-state index in [1.54, 1.807) is 30.3 Å². The van der Waals surface area contributed by atoms with Gasteiger partial charge in [0.1, 0.15) is 0 Å². The Bertz CT molecular complexity index is 562. The van der Waals surface area contributed by atoms with E-state index in [4.69, 9.17) is 18.9 Å². The molecule has 0 amide bonds. The van der Waals surface area contributed by atoms with Gasteiger partial charge in [0, 0.05) is 12.5 Å². The molecule has 1 aromatic carbocycles. The normalized spacial score (nSPS) is 21.4. The molecule has 6 nitrogen and oxygen atoms in total. The summed E-state index contributed by atoms with van der Waals surface area (Å²) < 4.78 is 20.7. The van der Waals surface area contributed by atoms with E-state index in [9.17, 15) is 9.59 Å². The lowest BCUT2D eigenvalue weighted by molar-refractivity contribution is -0.218. The van der Waals surface area contributed by atoms with Crippen molar-refractivity contribution in [2.24, 2.45) is 0 Å². The van der Waals surface area contributed by atoms with Gasteiger partial charge in [-0.1, -0.05) is 30.3 Å². The molecule has 1 unspecified atom stereocenters. The third-order valence-electron chi connectivity index (χ3n) is 2.78. The summed E-state index contributed by atoms with van der Waals surface area (Å²) in [6.45, 7) is 1.22. The van der Waals surface area contributed by atoms with Crippen LogP contribution in [-0.4, -0.2) is 26.2 Å². The first-order chi connectivity index (χ1) is 9.55. The first kappa shape index (κ1) is 13.9. The van der Waals surface area contributed by atoms with Crippen LogP contribution in [0.3, 0.4) is 0 Å². The largest absolute Gasteiger partial charge is 0.490 e. The van der Waals surface area contributed by atoms with Crippen LogP contribution in [-0.2, 0) is 34.3 Å². The van der Waals surface area contributed by atoms with Gasteiger partial charge in [-0.3, -0.25) is 4.79 Å². The lowest BCUT2D eigenvalue weighted by Crippen LogP contribution is -2.35. The number of hydrogen-bond acceptors (Lipinski definition) is 6. The number of rotatable bonds is 4. The van der Waals surface area contributed by atoms with Crippen molar-refractivity contribution in [3.8, 4) is 0 Å². The fraction of sp³-hybridized carbons (Fsp3) is 0.286. The summed E-state index contributed by atoms with van der Waals surface area (Å²) in [5, 5.41) is 0. The van der Waals surface area contributed by atoms with Gasteiger partial charge >= 0.3 is 17.7 Å². The highest BCUT2D eigenvalue weighted by Crippen LogP contribution is 2.43. The molecule has 0 saturated heterocycles. The molecular formula is C14H14O6. The van der Waals surface area contributed by atoms with Gasteiger partial charge in [0.15, 0.2) is 0 Å². The summed E-state index contributed by atoms with van der Waals surface area (Å²) >= 11 is 0. The third kappa shape index (κ3) is 2.09. The van der Waals surface area contributed by atoms with E-state index < -0.39 is 17.7 Å². The van der Waals surface area contributed by atoms with Crippen LogP contribution in [0, 0.1) is 0 Å². The third-order valence-corrected chi connectivity index (χ3v) is 2.78. The quantitative estimate of drug-likeness (QED) is 0.777. The second kappa shape index (κ2) is 5.24. The van der Waals surface area contributed by atoms with Crippen LogP contribution in [0.1, 0.15) is 12.5 Å². The minimum Gasteiger partial charge on any atom is -0.490 e. The number of ether oxygens (including phenoxy) is 4. The molecule has 20 heavy (non-hydrogen) atoms. The molecule has 1 aliphatic heterocycles. The van der Waals surface area contributed by atoms with Crippen LogP contribution < -0.4 is 0 Å². The van der Waals surface area contributed by atoms with E-state index in [1.165, 1.54) is 21.1 Å². The van der Waals surface area contributed by atoms with Crippen molar-refractivity contribution in [2.45, 2.75) is 12.7 Å². The van der Waals surface area contributed by atoms with Crippen molar-refractivity contribution in [1.82, 2.24) is 0 Å². The van der Waals surface area contributed by atoms with Gasteiger partial charge < -0.3 is 18.9 Å². The van der Waals surface area contributed by atoms with Crippen LogP contribution in [0.4, 0.5) is 0 Å². The second-order valence-electron chi connectivity index (χ2n) is 4.03. The molecule has 0 aromatic heterocycles. The topological polar surface area (TPSA) is 71.1 Å². The Kier molecular flexibility index (Phi) is 3.65. The van der Waals surface area contributed by atoms with Crippen LogP contribution in [0.15, 0.2) is 41.9 Å². The number of carbonyl (C=O) groups is 2. The van der Waals surface area contributed by atoms with Crippen LogP contribution in [0.2, 0.25) is 0 Å². The zero-order chi connectivity index (χ0) is 14.8. The molecule has 0 saturated carbocycles. The smallest absolute Gasteiger partial charge is 0.381 e. The Morgan fingerprint density at radius 2 is 1.80 bits per heavy atom. The number of hydrogen-bond donors (Lipinski definition) is 0. The van der Waals surface area contributed by atoms with Gasteiger partial charge in [0.05, 0.1) is 14.2 Å². The van der Waals surface area contributed by atoms with Crippen molar-refractivity contribution < 1.29 is 28.5 Å². The first-order valence-electron chi connectivity index (χ1n) is 5.86. The maximum atomic E-state index is 11.9. The average Bonchev–Trinajstić information content (AvgIpc) is 2.71. The zero-order valence-electron chi connectivity index (χ0n) is 11.3. The maximum absolute atomic E-state index is 11.9. The molecule has 6 heteroatoms. The lowest BCUT2D eigenvalue weighted by Gasteiger charge is -2.28. The molecule has 0 radical (unpaired) electrons. The maximum Gasteiger partial charge on any atom is 0.381 e. The SMILES string of the molecule is COC1=C(OC)C(OC(C)=O)(c2ccccc2)OC1=O. The Morgan fingerprint density at radius 3 is 2.30 bits per heavy atom. The van der Waals surface area contributed by atoms with Crippen molar-refractivity contribution in [1.29, 1.82) is 0 Å². The standard InChI is InChI=1S/C14H14O6/c1-9(15)19-14(10-7-5-4-6-8-10)12(18-3)11(17-2)13(16)20-14/h4-8H,1-3H3. The number of carbonyl (C=O) groups excluding carboxylic acids is 2. The van der Waals surface area contributed by atoms with E-state index in [2.05, 4.69) is 0 Å². The fourth-order valence-electron chi connectivity index (χ4n) is 2.04. The number of methoxy groups -OCH3 is 2. The molecule has 0 fully saturated rings. The average molecular weight is 278 g/mol. The van der Waals surface area contributed by atoms with Crippen molar-refractivity contribution in [2.75, 3.05) is 14.2 Å². The van der Waals surface area contributed by atoms with Gasteiger partial charge in [0.25, 0.3) is 5.76 Å². The van der Waals surface area contributed by atoms with Gasteiger partial charge in [-0.05, 0) is 0 Å². The fourth-order valence-corrected chi connectivity index (χ4v) is 2.04. The minimum atomic E-state index is -1.75. The summed E-state index contributed by atoms with van der Waals surface area (Å²) in [5.74, 6) is -3.24. The van der Waals surface area contributed by atoms with Crippen molar-refractivity contribution in [3.63, 3.8) is 0 Å². The highest BCUT2D eigenvalue weighted by atomic mass is 16.8. The zero-order valence-corrected chi connectivity index (χ0v) is 11.3. The number of benzene rings is 1. The Hall–Kier alpha value is -2.50. The summed E-state index contributed by atoms with van der Waals surface area (Å²) in [6, 6.07) is 8.57.